The number of nitrogens with one attached hydrogen (secondary N) is 2. The fourth-order valence-electron chi connectivity index (χ4n) is 6.55. The molecule has 170 valence electrons. The molecule has 6 rings (SSSR count). The van der Waals surface area contributed by atoms with Crippen LogP contribution in [0.3, 0.4) is 0 Å². The molecule has 0 spiro atoms. The zero-order valence-corrected chi connectivity index (χ0v) is 19.7. The summed E-state index contributed by atoms with van der Waals surface area (Å²) >= 11 is 1.38. The van der Waals surface area contributed by atoms with E-state index in [1.54, 1.807) is 0 Å². The van der Waals surface area contributed by atoms with Crippen LogP contribution in [0.4, 0.5) is 5.13 Å². The Kier molecular flexibility index (Phi) is 5.78. The van der Waals surface area contributed by atoms with Gasteiger partial charge in [-0.2, -0.15) is 0 Å². The maximum Gasteiger partial charge on any atom is 0.249 e. The molecule has 1 heterocycles. The van der Waals surface area contributed by atoms with Crippen LogP contribution < -0.4 is 10.6 Å². The summed E-state index contributed by atoms with van der Waals surface area (Å²) < 4.78 is 0. The monoisotopic (exact) mass is 452 g/mol. The Balaban J connectivity index is 1.23. The van der Waals surface area contributed by atoms with Gasteiger partial charge in [-0.25, -0.2) is 0 Å². The maximum absolute atomic E-state index is 13.5. The van der Waals surface area contributed by atoms with Gasteiger partial charge < -0.3 is 5.32 Å². The minimum absolute atomic E-state index is 0.00965. The first-order valence-corrected chi connectivity index (χ1v) is 12.7. The van der Waals surface area contributed by atoms with Crippen LogP contribution in [0.1, 0.15) is 62.9 Å². The van der Waals surface area contributed by atoms with Crippen LogP contribution in [0.15, 0.2) is 30.3 Å². The molecular formula is C25H32N4O2S. The van der Waals surface area contributed by atoms with Crippen LogP contribution in [0.25, 0.3) is 0 Å². The van der Waals surface area contributed by atoms with Gasteiger partial charge in [0.2, 0.25) is 16.9 Å². The summed E-state index contributed by atoms with van der Waals surface area (Å²) in [6.45, 7) is 3.95. The van der Waals surface area contributed by atoms with E-state index in [-0.39, 0.29) is 23.1 Å². The van der Waals surface area contributed by atoms with Crippen molar-refractivity contribution in [2.75, 3.05) is 5.32 Å². The molecule has 7 heteroatoms. The number of carbonyl (C=O) groups is 2. The summed E-state index contributed by atoms with van der Waals surface area (Å²) in [5, 5.41) is 15.8. The molecule has 4 bridgehead atoms. The lowest BCUT2D eigenvalue weighted by atomic mass is 9.49. The zero-order valence-electron chi connectivity index (χ0n) is 18.8. The number of hydrogen-bond acceptors (Lipinski definition) is 5. The van der Waals surface area contributed by atoms with Crippen LogP contribution in [0.2, 0.25) is 0 Å². The van der Waals surface area contributed by atoms with Gasteiger partial charge in [0, 0.05) is 11.8 Å². The number of carbonyl (C=O) groups excluding carboxylic acids is 2. The molecule has 4 fully saturated rings. The van der Waals surface area contributed by atoms with Gasteiger partial charge in [0.1, 0.15) is 11.0 Å². The van der Waals surface area contributed by atoms with Crippen LogP contribution in [-0.4, -0.2) is 28.1 Å². The highest BCUT2D eigenvalue weighted by atomic mass is 32.1. The van der Waals surface area contributed by atoms with Gasteiger partial charge in [-0.05, 0) is 67.8 Å². The summed E-state index contributed by atoms with van der Waals surface area (Å²) in [6.07, 6.45) is 7.56. The predicted octanol–water partition coefficient (Wildman–Crippen LogP) is 4.42. The fraction of sp³-hybridized carbons (Fsp3) is 0.600. The summed E-state index contributed by atoms with van der Waals surface area (Å²) in [7, 11) is 0. The van der Waals surface area contributed by atoms with Crippen LogP contribution in [-0.2, 0) is 16.0 Å². The van der Waals surface area contributed by atoms with Crippen molar-refractivity contribution in [2.24, 2.45) is 29.1 Å². The molecule has 0 saturated heterocycles. The van der Waals surface area contributed by atoms with Crippen LogP contribution in [0.5, 0.6) is 0 Å². The van der Waals surface area contributed by atoms with E-state index in [0.717, 1.165) is 29.8 Å². The number of hydrogen-bond donors (Lipinski definition) is 2. The van der Waals surface area contributed by atoms with E-state index >= 15 is 0 Å². The van der Waals surface area contributed by atoms with Gasteiger partial charge in [0.05, 0.1) is 0 Å². The number of nitrogens with zero attached hydrogens (tertiary/aromatic N) is 2. The first-order valence-electron chi connectivity index (χ1n) is 11.9. The minimum atomic E-state index is -0.572. The average Bonchev–Trinajstić information content (AvgIpc) is 3.17. The molecule has 4 aliphatic carbocycles. The highest BCUT2D eigenvalue weighted by Gasteiger charge is 2.55. The van der Waals surface area contributed by atoms with Crippen molar-refractivity contribution in [3.63, 3.8) is 0 Å². The van der Waals surface area contributed by atoms with Gasteiger partial charge >= 0.3 is 0 Å². The van der Waals surface area contributed by atoms with E-state index in [0.29, 0.717) is 29.3 Å². The molecule has 2 amide bonds. The van der Waals surface area contributed by atoms with Crippen LogP contribution in [0, 0.1) is 29.1 Å². The number of rotatable bonds is 7. The second-order valence-electron chi connectivity index (χ2n) is 10.5. The summed E-state index contributed by atoms with van der Waals surface area (Å²) in [6, 6.07) is 9.51. The van der Waals surface area contributed by atoms with Crippen molar-refractivity contribution in [3.8, 4) is 0 Å². The lowest BCUT2D eigenvalue weighted by molar-refractivity contribution is -0.148. The third-order valence-corrected chi connectivity index (χ3v) is 8.49. The fourth-order valence-corrected chi connectivity index (χ4v) is 7.32. The molecule has 32 heavy (non-hydrogen) atoms. The highest BCUT2D eigenvalue weighted by Crippen LogP contribution is 2.60. The Labute approximate surface area is 193 Å². The first-order chi connectivity index (χ1) is 15.4. The van der Waals surface area contributed by atoms with Gasteiger partial charge in [-0.1, -0.05) is 55.5 Å². The van der Waals surface area contributed by atoms with E-state index < -0.39 is 6.04 Å². The van der Waals surface area contributed by atoms with Gasteiger partial charge in [0.25, 0.3) is 0 Å². The van der Waals surface area contributed by atoms with E-state index in [4.69, 9.17) is 0 Å². The zero-order chi connectivity index (χ0) is 22.3. The van der Waals surface area contributed by atoms with Crippen molar-refractivity contribution in [1.82, 2.24) is 15.5 Å². The predicted molar refractivity (Wildman–Crippen MR) is 125 cm³/mol. The molecule has 1 aromatic carbocycles. The Hall–Kier alpha value is -2.28. The normalized spacial score (nSPS) is 29.2. The Morgan fingerprint density at radius 1 is 1.03 bits per heavy atom. The molecule has 0 aliphatic heterocycles. The molecule has 4 saturated carbocycles. The quantitative estimate of drug-likeness (QED) is 0.651. The molecule has 4 aliphatic rings. The van der Waals surface area contributed by atoms with Crippen molar-refractivity contribution in [3.05, 3.63) is 40.9 Å². The van der Waals surface area contributed by atoms with E-state index in [1.807, 2.05) is 32.0 Å². The largest absolute Gasteiger partial charge is 0.344 e. The summed E-state index contributed by atoms with van der Waals surface area (Å²) in [4.78, 5) is 26.6. The molecule has 6 nitrogen and oxygen atoms in total. The molecule has 2 N–H and O–H groups in total. The minimum Gasteiger partial charge on any atom is -0.344 e. The third kappa shape index (κ3) is 4.32. The van der Waals surface area contributed by atoms with Crippen molar-refractivity contribution >= 4 is 28.3 Å². The second-order valence-corrected chi connectivity index (χ2v) is 11.6. The van der Waals surface area contributed by atoms with E-state index in [9.17, 15) is 9.59 Å². The lowest BCUT2D eigenvalue weighted by Gasteiger charge is -2.55. The topological polar surface area (TPSA) is 84.0 Å². The van der Waals surface area contributed by atoms with E-state index in [2.05, 4.69) is 33.0 Å². The van der Waals surface area contributed by atoms with Crippen LogP contribution >= 0.6 is 11.3 Å². The van der Waals surface area contributed by atoms with Crippen molar-refractivity contribution in [1.29, 1.82) is 0 Å². The number of amides is 2. The summed E-state index contributed by atoms with van der Waals surface area (Å²) in [5.41, 5.74) is 0.901. The second kappa shape index (κ2) is 8.58. The number of benzene rings is 1. The Morgan fingerprint density at radius 3 is 2.25 bits per heavy atom. The highest BCUT2D eigenvalue weighted by molar-refractivity contribution is 7.15. The maximum atomic E-state index is 13.5. The third-order valence-electron chi connectivity index (χ3n) is 7.65. The number of anilines is 1. The first kappa shape index (κ1) is 21.6. The summed E-state index contributed by atoms with van der Waals surface area (Å²) in [5.74, 6) is 1.96. The average molecular weight is 453 g/mol. The molecular weight excluding hydrogens is 420 g/mol. The van der Waals surface area contributed by atoms with Crippen molar-refractivity contribution < 1.29 is 9.59 Å². The lowest BCUT2D eigenvalue weighted by Crippen LogP contribution is -2.57. The standard InChI is InChI=1S/C25H32N4O2S/c1-15(2)21(26-23(31)25-12-17-8-18(13-25)10-19(9-17)14-25)22(30)27-24-29-28-20(32-24)11-16-6-4-3-5-7-16/h3-7,15,17-19,21H,8-14H2,1-2H3,(H,26,31)(H,27,29,30)/t17?,18?,19?,21-,25?/m1/s1. The molecule has 1 atom stereocenters. The Bertz CT molecular complexity index is 952. The smallest absolute Gasteiger partial charge is 0.249 e. The Morgan fingerprint density at radius 2 is 1.66 bits per heavy atom. The van der Waals surface area contributed by atoms with Gasteiger partial charge in [-0.15, -0.1) is 10.2 Å². The SMILES string of the molecule is CC(C)[C@@H](NC(=O)C12CC3CC(CC(C3)C1)C2)C(=O)Nc1nnc(Cc2ccccc2)s1. The molecule has 0 unspecified atom stereocenters. The molecule has 0 radical (unpaired) electrons. The van der Waals surface area contributed by atoms with Gasteiger partial charge in [0.15, 0.2) is 0 Å². The van der Waals surface area contributed by atoms with Crippen molar-refractivity contribution in [2.45, 2.75) is 64.8 Å². The van der Waals surface area contributed by atoms with Gasteiger partial charge in [-0.3, -0.25) is 14.9 Å². The van der Waals surface area contributed by atoms with E-state index in [1.165, 1.54) is 30.6 Å². The molecule has 1 aromatic heterocycles. The number of aromatic nitrogens is 2. The molecule has 2 aromatic rings.